The smallest absolute Gasteiger partial charge is 0.240 e. The van der Waals surface area contributed by atoms with Gasteiger partial charge >= 0.3 is 0 Å². The lowest BCUT2D eigenvalue weighted by atomic mass is 9.97. The van der Waals surface area contributed by atoms with Crippen molar-refractivity contribution in [3.05, 3.63) is 29.8 Å². The van der Waals surface area contributed by atoms with Crippen molar-refractivity contribution < 1.29 is 8.42 Å². The molecule has 0 spiro atoms. The predicted molar refractivity (Wildman–Crippen MR) is 90.4 cm³/mol. The van der Waals surface area contributed by atoms with Crippen molar-refractivity contribution in [1.82, 2.24) is 9.62 Å². The number of rotatable bonds is 6. The molecule has 0 amide bonds. The Hall–Kier alpha value is -1.42. The Kier molecular flexibility index (Phi) is 6.17. The highest BCUT2D eigenvalue weighted by Crippen LogP contribution is 2.20. The molecule has 0 saturated carbocycles. The first-order valence-electron chi connectivity index (χ1n) is 8.09. The molecule has 0 aromatic heterocycles. The highest BCUT2D eigenvalue weighted by Gasteiger charge is 2.25. The van der Waals surface area contributed by atoms with Gasteiger partial charge in [0.1, 0.15) is 0 Å². The van der Waals surface area contributed by atoms with E-state index in [2.05, 4.69) is 22.6 Å². The first kappa shape index (κ1) is 17.9. The Morgan fingerprint density at radius 3 is 2.74 bits per heavy atom. The van der Waals surface area contributed by atoms with Crippen LogP contribution in [0.1, 0.15) is 31.7 Å². The Labute approximate surface area is 139 Å². The molecule has 1 N–H and O–H groups in total. The van der Waals surface area contributed by atoms with Crippen LogP contribution >= 0.6 is 0 Å². The number of hydrogen-bond donors (Lipinski definition) is 1. The average molecular weight is 335 g/mol. The summed E-state index contributed by atoms with van der Waals surface area (Å²) in [4.78, 5) is 2.60. The van der Waals surface area contributed by atoms with Gasteiger partial charge in [-0.05, 0) is 51.3 Å². The summed E-state index contributed by atoms with van der Waals surface area (Å²) in [7, 11) is -3.45. The minimum atomic E-state index is -3.45. The molecule has 1 aliphatic rings. The zero-order valence-electron chi connectivity index (χ0n) is 13.8. The minimum Gasteiger partial charge on any atom is -0.299 e. The predicted octanol–water partition coefficient (Wildman–Crippen LogP) is 2.29. The standard InChI is InChI=1S/C17H25N3O2S/c1-14-5-7-17(8-6-14)23(21,22)19-12-16-4-3-11-20(13-16)15(2)9-10-18/h5-8,15-16,19H,3-4,9,11-13H2,1-2H3/t15-,16-/m1/s1. The minimum absolute atomic E-state index is 0.233. The van der Waals surface area contributed by atoms with Gasteiger partial charge in [0, 0.05) is 19.1 Å². The molecule has 0 bridgehead atoms. The quantitative estimate of drug-likeness (QED) is 0.865. The van der Waals surface area contributed by atoms with Gasteiger partial charge in [-0.1, -0.05) is 17.7 Å². The Morgan fingerprint density at radius 2 is 2.09 bits per heavy atom. The van der Waals surface area contributed by atoms with Crippen LogP contribution in [0.5, 0.6) is 0 Å². The van der Waals surface area contributed by atoms with Gasteiger partial charge in [0.25, 0.3) is 0 Å². The summed E-state index contributed by atoms with van der Waals surface area (Å²) in [5.41, 5.74) is 1.04. The van der Waals surface area contributed by atoms with E-state index in [0.29, 0.717) is 23.8 Å². The van der Waals surface area contributed by atoms with E-state index in [9.17, 15) is 8.42 Å². The normalized spacial score (nSPS) is 20.8. The van der Waals surface area contributed by atoms with Crippen molar-refractivity contribution in [1.29, 1.82) is 5.26 Å². The molecule has 2 atom stereocenters. The summed E-state index contributed by atoms with van der Waals surface area (Å²) in [6.07, 6.45) is 2.58. The molecular formula is C17H25N3O2S. The molecule has 1 aromatic rings. The topological polar surface area (TPSA) is 73.2 Å². The number of piperidine rings is 1. The second-order valence-corrected chi connectivity index (χ2v) is 8.15. The molecule has 1 fully saturated rings. The highest BCUT2D eigenvalue weighted by molar-refractivity contribution is 7.89. The maximum absolute atomic E-state index is 12.3. The molecule has 126 valence electrons. The van der Waals surface area contributed by atoms with Crippen LogP contribution in [0.4, 0.5) is 0 Å². The lowest BCUT2D eigenvalue weighted by molar-refractivity contribution is 0.134. The van der Waals surface area contributed by atoms with E-state index in [4.69, 9.17) is 5.26 Å². The molecule has 1 saturated heterocycles. The van der Waals surface area contributed by atoms with E-state index in [0.717, 1.165) is 31.5 Å². The summed E-state index contributed by atoms with van der Waals surface area (Å²) >= 11 is 0. The van der Waals surface area contributed by atoms with E-state index in [1.54, 1.807) is 24.3 Å². The molecule has 1 aromatic carbocycles. The molecule has 5 nitrogen and oxygen atoms in total. The molecule has 1 aliphatic heterocycles. The summed E-state index contributed by atoms with van der Waals surface area (Å²) in [6.45, 7) is 6.28. The lowest BCUT2D eigenvalue weighted by Crippen LogP contribution is -2.44. The number of benzene rings is 1. The maximum Gasteiger partial charge on any atom is 0.240 e. The van der Waals surface area contributed by atoms with Gasteiger partial charge in [0.15, 0.2) is 0 Å². The summed E-state index contributed by atoms with van der Waals surface area (Å²) in [6, 6.07) is 9.33. The van der Waals surface area contributed by atoms with Crippen LogP contribution in [0.3, 0.4) is 0 Å². The molecule has 0 unspecified atom stereocenters. The SMILES string of the molecule is Cc1ccc(S(=O)(=O)NC[C@H]2CCCN([C@H](C)CC#N)C2)cc1. The van der Waals surface area contributed by atoms with E-state index in [-0.39, 0.29) is 6.04 Å². The van der Waals surface area contributed by atoms with Crippen LogP contribution in [-0.2, 0) is 10.0 Å². The van der Waals surface area contributed by atoms with Gasteiger partial charge in [0.05, 0.1) is 17.4 Å². The summed E-state index contributed by atoms with van der Waals surface area (Å²) < 4.78 is 27.4. The van der Waals surface area contributed by atoms with Crippen LogP contribution in [-0.4, -0.2) is 39.0 Å². The first-order chi connectivity index (χ1) is 10.9. The fourth-order valence-corrected chi connectivity index (χ4v) is 4.07. The second-order valence-electron chi connectivity index (χ2n) is 6.38. The van der Waals surface area contributed by atoms with Crippen molar-refractivity contribution in [2.75, 3.05) is 19.6 Å². The third-order valence-electron chi connectivity index (χ3n) is 4.45. The van der Waals surface area contributed by atoms with Crippen LogP contribution in [0.2, 0.25) is 0 Å². The first-order valence-corrected chi connectivity index (χ1v) is 9.58. The number of sulfonamides is 1. The largest absolute Gasteiger partial charge is 0.299 e. The van der Waals surface area contributed by atoms with Gasteiger partial charge < -0.3 is 0 Å². The monoisotopic (exact) mass is 335 g/mol. The van der Waals surface area contributed by atoms with Crippen molar-refractivity contribution in [3.63, 3.8) is 0 Å². The van der Waals surface area contributed by atoms with Crippen molar-refractivity contribution in [3.8, 4) is 6.07 Å². The number of likely N-dealkylation sites (tertiary alicyclic amines) is 1. The van der Waals surface area contributed by atoms with E-state index >= 15 is 0 Å². The highest BCUT2D eigenvalue weighted by atomic mass is 32.2. The molecule has 0 radical (unpaired) electrons. The molecule has 23 heavy (non-hydrogen) atoms. The van der Waals surface area contributed by atoms with E-state index in [1.807, 2.05) is 6.92 Å². The molecular weight excluding hydrogens is 310 g/mol. The van der Waals surface area contributed by atoms with Gasteiger partial charge in [-0.25, -0.2) is 13.1 Å². The fraction of sp³-hybridized carbons (Fsp3) is 0.588. The number of aryl methyl sites for hydroxylation is 1. The lowest BCUT2D eigenvalue weighted by Gasteiger charge is -2.36. The van der Waals surface area contributed by atoms with E-state index in [1.165, 1.54) is 0 Å². The van der Waals surface area contributed by atoms with Crippen LogP contribution in [0, 0.1) is 24.2 Å². The molecule has 0 aliphatic carbocycles. The van der Waals surface area contributed by atoms with Crippen LogP contribution < -0.4 is 4.72 Å². The Bertz CT molecular complexity index is 649. The van der Waals surface area contributed by atoms with Gasteiger partial charge in [-0.3, -0.25) is 4.90 Å². The number of nitrogens with zero attached hydrogens (tertiary/aromatic N) is 2. The van der Waals surface area contributed by atoms with Crippen LogP contribution in [0.25, 0.3) is 0 Å². The van der Waals surface area contributed by atoms with Gasteiger partial charge in [-0.15, -0.1) is 0 Å². The summed E-state index contributed by atoms with van der Waals surface area (Å²) in [5, 5.41) is 8.82. The third kappa shape index (κ3) is 5.03. The van der Waals surface area contributed by atoms with Gasteiger partial charge in [0.2, 0.25) is 10.0 Å². The van der Waals surface area contributed by atoms with Crippen molar-refractivity contribution >= 4 is 10.0 Å². The average Bonchev–Trinajstić information content (AvgIpc) is 2.54. The maximum atomic E-state index is 12.3. The van der Waals surface area contributed by atoms with Crippen molar-refractivity contribution in [2.45, 2.75) is 44.0 Å². The molecule has 1 heterocycles. The number of hydrogen-bond acceptors (Lipinski definition) is 4. The zero-order valence-corrected chi connectivity index (χ0v) is 14.6. The third-order valence-corrected chi connectivity index (χ3v) is 5.89. The Balaban J connectivity index is 1.92. The Morgan fingerprint density at radius 1 is 1.39 bits per heavy atom. The number of nitriles is 1. The molecule has 2 rings (SSSR count). The van der Waals surface area contributed by atoms with Gasteiger partial charge in [-0.2, -0.15) is 5.26 Å². The zero-order chi connectivity index (χ0) is 16.9. The van der Waals surface area contributed by atoms with Crippen molar-refractivity contribution in [2.24, 2.45) is 5.92 Å². The second kappa shape index (κ2) is 7.91. The molecule has 6 heteroatoms. The van der Waals surface area contributed by atoms with Crippen LogP contribution in [0.15, 0.2) is 29.2 Å². The fourth-order valence-electron chi connectivity index (χ4n) is 2.95. The summed E-state index contributed by atoms with van der Waals surface area (Å²) in [5.74, 6) is 0.296. The number of nitrogens with one attached hydrogen (secondary N) is 1. The van der Waals surface area contributed by atoms with E-state index < -0.39 is 10.0 Å².